The first-order valence-corrected chi connectivity index (χ1v) is 5.16. The smallest absolute Gasteiger partial charge is 0.236 e. The third-order valence-corrected chi connectivity index (χ3v) is 2.84. The van der Waals surface area contributed by atoms with E-state index in [2.05, 4.69) is 36.7 Å². The minimum atomic E-state index is -0.0895. The Kier molecular flexibility index (Phi) is 4.24. The van der Waals surface area contributed by atoms with Gasteiger partial charge in [0.05, 0.1) is 4.83 Å². The first-order valence-electron chi connectivity index (χ1n) is 4.24. The van der Waals surface area contributed by atoms with Crippen molar-refractivity contribution in [2.24, 2.45) is 0 Å². The van der Waals surface area contributed by atoms with Crippen molar-refractivity contribution in [1.29, 1.82) is 0 Å². The maximum Gasteiger partial charge on any atom is 0.236 e. The zero-order chi connectivity index (χ0) is 9.94. The van der Waals surface area contributed by atoms with Crippen molar-refractivity contribution in [3.8, 4) is 0 Å². The molecular formula is C9H18BrNO. The van der Waals surface area contributed by atoms with Crippen molar-refractivity contribution in [2.45, 2.75) is 44.5 Å². The quantitative estimate of drug-likeness (QED) is 0.689. The van der Waals surface area contributed by atoms with E-state index in [-0.39, 0.29) is 16.3 Å². The molecule has 0 saturated carbocycles. The van der Waals surface area contributed by atoms with E-state index in [0.717, 1.165) is 6.42 Å². The van der Waals surface area contributed by atoms with Crippen LogP contribution in [0.4, 0.5) is 0 Å². The van der Waals surface area contributed by atoms with Crippen LogP contribution in [0.3, 0.4) is 0 Å². The molecular weight excluding hydrogens is 218 g/mol. The van der Waals surface area contributed by atoms with Crippen molar-refractivity contribution in [1.82, 2.24) is 4.90 Å². The summed E-state index contributed by atoms with van der Waals surface area (Å²) < 4.78 is 0. The van der Waals surface area contributed by atoms with Gasteiger partial charge in [-0.2, -0.15) is 0 Å². The molecule has 12 heavy (non-hydrogen) atoms. The lowest BCUT2D eigenvalue weighted by molar-refractivity contribution is -0.133. The van der Waals surface area contributed by atoms with E-state index >= 15 is 0 Å². The summed E-state index contributed by atoms with van der Waals surface area (Å²) in [4.78, 5) is 13.2. The maximum absolute atomic E-state index is 11.5. The molecule has 72 valence electrons. The number of carbonyl (C=O) groups excluding carboxylic acids is 1. The molecule has 2 nitrogen and oxygen atoms in total. The van der Waals surface area contributed by atoms with Gasteiger partial charge in [-0.25, -0.2) is 0 Å². The van der Waals surface area contributed by atoms with Gasteiger partial charge in [-0.1, -0.05) is 22.9 Å². The number of nitrogens with zero attached hydrogens (tertiary/aromatic N) is 1. The lowest BCUT2D eigenvalue weighted by atomic mass is 10.00. The Labute approximate surface area is 83.4 Å². The van der Waals surface area contributed by atoms with E-state index in [1.54, 1.807) is 4.90 Å². The maximum atomic E-state index is 11.5. The summed E-state index contributed by atoms with van der Waals surface area (Å²) in [6, 6.07) is 0. The van der Waals surface area contributed by atoms with Crippen LogP contribution in [0.15, 0.2) is 0 Å². The molecule has 0 aromatic heterocycles. The van der Waals surface area contributed by atoms with Crippen molar-refractivity contribution < 1.29 is 4.79 Å². The van der Waals surface area contributed by atoms with Crippen LogP contribution >= 0.6 is 15.9 Å². The number of hydrogen-bond acceptors (Lipinski definition) is 1. The van der Waals surface area contributed by atoms with Crippen molar-refractivity contribution in [3.63, 3.8) is 0 Å². The molecule has 0 saturated heterocycles. The normalized spacial score (nSPS) is 14.2. The highest BCUT2D eigenvalue weighted by molar-refractivity contribution is 9.10. The van der Waals surface area contributed by atoms with Crippen molar-refractivity contribution >= 4 is 21.8 Å². The first kappa shape index (κ1) is 11.9. The van der Waals surface area contributed by atoms with E-state index in [9.17, 15) is 4.79 Å². The summed E-state index contributed by atoms with van der Waals surface area (Å²) in [7, 11) is 1.85. The van der Waals surface area contributed by atoms with Gasteiger partial charge in [0.2, 0.25) is 5.91 Å². The van der Waals surface area contributed by atoms with Crippen LogP contribution in [0.25, 0.3) is 0 Å². The largest absolute Gasteiger partial charge is 0.340 e. The third kappa shape index (κ3) is 2.77. The second kappa shape index (κ2) is 4.26. The fourth-order valence-corrected chi connectivity index (χ4v) is 1.11. The van der Waals surface area contributed by atoms with Crippen LogP contribution < -0.4 is 0 Å². The fourth-order valence-electron chi connectivity index (χ4n) is 0.802. The lowest BCUT2D eigenvalue weighted by Gasteiger charge is -2.35. The second-order valence-electron chi connectivity index (χ2n) is 3.68. The van der Waals surface area contributed by atoms with Gasteiger partial charge in [-0.05, 0) is 27.2 Å². The molecule has 0 aliphatic heterocycles. The van der Waals surface area contributed by atoms with Crippen LogP contribution in [0.5, 0.6) is 0 Å². The van der Waals surface area contributed by atoms with Gasteiger partial charge in [-0.15, -0.1) is 0 Å². The van der Waals surface area contributed by atoms with E-state index in [1.165, 1.54) is 0 Å². The number of rotatable bonds is 3. The van der Waals surface area contributed by atoms with Crippen molar-refractivity contribution in [2.75, 3.05) is 7.05 Å². The molecule has 0 aromatic rings. The minimum absolute atomic E-state index is 0.0425. The summed E-state index contributed by atoms with van der Waals surface area (Å²) in [5, 5.41) is 0. The summed E-state index contributed by atoms with van der Waals surface area (Å²) in [5.41, 5.74) is -0.0425. The Morgan fingerprint density at radius 2 is 2.00 bits per heavy atom. The van der Waals surface area contributed by atoms with Crippen LogP contribution in [0, 0.1) is 0 Å². The predicted octanol–water partition coefficient (Wildman–Crippen LogP) is 2.42. The van der Waals surface area contributed by atoms with E-state index in [1.807, 2.05) is 14.0 Å². The zero-order valence-electron chi connectivity index (χ0n) is 8.52. The van der Waals surface area contributed by atoms with E-state index in [4.69, 9.17) is 0 Å². The second-order valence-corrected chi connectivity index (χ2v) is 5.05. The number of halogens is 1. The average molecular weight is 236 g/mol. The number of hydrogen-bond donors (Lipinski definition) is 0. The highest BCUT2D eigenvalue weighted by atomic mass is 79.9. The monoisotopic (exact) mass is 235 g/mol. The van der Waals surface area contributed by atoms with Gasteiger partial charge in [0.25, 0.3) is 0 Å². The molecule has 0 radical (unpaired) electrons. The van der Waals surface area contributed by atoms with Gasteiger partial charge in [-0.3, -0.25) is 4.79 Å². The van der Waals surface area contributed by atoms with Crippen LogP contribution in [0.2, 0.25) is 0 Å². The Hall–Kier alpha value is -0.0500. The highest BCUT2D eigenvalue weighted by Gasteiger charge is 2.27. The first-order chi connectivity index (χ1) is 5.33. The molecule has 0 spiro atoms. The van der Waals surface area contributed by atoms with Crippen LogP contribution in [0.1, 0.15) is 34.1 Å². The van der Waals surface area contributed by atoms with Crippen LogP contribution in [-0.2, 0) is 4.79 Å². The molecule has 0 aliphatic rings. The predicted molar refractivity (Wildman–Crippen MR) is 55.5 cm³/mol. The Morgan fingerprint density at radius 1 is 1.58 bits per heavy atom. The molecule has 1 unspecified atom stereocenters. The summed E-state index contributed by atoms with van der Waals surface area (Å²) in [6.07, 6.45) is 0.967. The molecule has 0 N–H and O–H groups in total. The topological polar surface area (TPSA) is 20.3 Å². The number of alkyl halides is 1. The number of carbonyl (C=O) groups is 1. The van der Waals surface area contributed by atoms with Gasteiger partial charge in [0, 0.05) is 12.6 Å². The van der Waals surface area contributed by atoms with Crippen LogP contribution in [-0.4, -0.2) is 28.2 Å². The van der Waals surface area contributed by atoms with Gasteiger partial charge >= 0.3 is 0 Å². The fraction of sp³-hybridized carbons (Fsp3) is 0.889. The molecule has 1 amide bonds. The van der Waals surface area contributed by atoms with Crippen molar-refractivity contribution in [3.05, 3.63) is 0 Å². The Bertz CT molecular complexity index is 166. The lowest BCUT2D eigenvalue weighted by Crippen LogP contribution is -2.46. The SMILES string of the molecule is CCC(C)(C)N(C)C(=O)C(C)Br. The van der Waals surface area contributed by atoms with Gasteiger partial charge in [0.1, 0.15) is 0 Å². The van der Waals surface area contributed by atoms with E-state index in [0.29, 0.717) is 0 Å². The average Bonchev–Trinajstić information content (AvgIpc) is 2.01. The summed E-state index contributed by atoms with van der Waals surface area (Å²) in [5.74, 6) is 0.141. The van der Waals surface area contributed by atoms with Gasteiger partial charge in [0.15, 0.2) is 0 Å². The molecule has 1 atom stereocenters. The third-order valence-electron chi connectivity index (χ3n) is 2.44. The standard InChI is InChI=1S/C9H18BrNO/c1-6-9(3,4)11(5)8(12)7(2)10/h7H,6H2,1-5H3. The molecule has 3 heteroatoms. The van der Waals surface area contributed by atoms with E-state index < -0.39 is 0 Å². The minimum Gasteiger partial charge on any atom is -0.340 e. The summed E-state index contributed by atoms with van der Waals surface area (Å²) >= 11 is 3.27. The molecule has 0 aromatic carbocycles. The summed E-state index contributed by atoms with van der Waals surface area (Å²) in [6.45, 7) is 8.08. The Balaban J connectivity index is 4.38. The number of amides is 1. The highest BCUT2D eigenvalue weighted by Crippen LogP contribution is 2.18. The molecule has 0 heterocycles. The van der Waals surface area contributed by atoms with Gasteiger partial charge < -0.3 is 4.90 Å². The zero-order valence-corrected chi connectivity index (χ0v) is 10.1. The molecule has 0 aliphatic carbocycles. The molecule has 0 rings (SSSR count). The Morgan fingerprint density at radius 3 is 2.25 bits per heavy atom. The molecule has 0 bridgehead atoms. The molecule has 0 fully saturated rings.